The summed E-state index contributed by atoms with van der Waals surface area (Å²) >= 11 is 0. The largest absolute Gasteiger partial charge is 0.210 e. The molecule has 3 nitrogen and oxygen atoms in total. The van der Waals surface area contributed by atoms with Gasteiger partial charge in [-0.15, -0.1) is 0 Å². The maximum Gasteiger partial charge on any atom is 0.0718 e. The van der Waals surface area contributed by atoms with E-state index in [9.17, 15) is 0 Å². The first-order chi connectivity index (χ1) is 5.74. The van der Waals surface area contributed by atoms with Gasteiger partial charge in [-0.05, 0) is 19.8 Å². The first-order valence-electron chi connectivity index (χ1n) is 4.50. The van der Waals surface area contributed by atoms with Gasteiger partial charge in [-0.2, -0.15) is 10.4 Å². The molecule has 0 amide bonds. The Morgan fingerprint density at radius 2 is 2.25 bits per heavy atom. The van der Waals surface area contributed by atoms with Crippen LogP contribution in [-0.4, -0.2) is 6.04 Å². The van der Waals surface area contributed by atoms with E-state index in [-0.39, 0.29) is 12.0 Å². The highest BCUT2D eigenvalue weighted by atomic mass is 15.0. The lowest BCUT2D eigenvalue weighted by Crippen LogP contribution is -2.08. The molecule has 2 unspecified atom stereocenters. The standard InChI is InChI=1S/C9H17N3/c1-3-4-5-9(12-11)6-8(2)7-10/h8-9,11H,3-6H2,1-2H3. The van der Waals surface area contributed by atoms with Gasteiger partial charge in [0.25, 0.3) is 0 Å². The first kappa shape index (κ1) is 11.1. The number of nitrogens with zero attached hydrogens (tertiary/aromatic N) is 2. The minimum atomic E-state index is 0.0287. The summed E-state index contributed by atoms with van der Waals surface area (Å²) in [4.78, 5) is 0. The maximum atomic E-state index is 8.55. The Bertz CT molecular complexity index is 160. The van der Waals surface area contributed by atoms with Gasteiger partial charge in [0.05, 0.1) is 12.1 Å². The lowest BCUT2D eigenvalue weighted by molar-refractivity contribution is 0.472. The second-order valence-corrected chi connectivity index (χ2v) is 3.19. The van der Waals surface area contributed by atoms with Crippen molar-refractivity contribution in [1.29, 1.82) is 10.8 Å². The zero-order chi connectivity index (χ0) is 9.40. The van der Waals surface area contributed by atoms with Crippen LogP contribution in [0.4, 0.5) is 0 Å². The molecule has 0 aliphatic carbocycles. The molecule has 1 N–H and O–H groups in total. The predicted molar refractivity (Wildman–Crippen MR) is 47.9 cm³/mol. The Morgan fingerprint density at radius 3 is 2.67 bits per heavy atom. The number of unbranched alkanes of at least 4 members (excludes halogenated alkanes) is 1. The molecule has 2 atom stereocenters. The van der Waals surface area contributed by atoms with Gasteiger partial charge >= 0.3 is 0 Å². The highest BCUT2D eigenvalue weighted by Gasteiger charge is 2.10. The van der Waals surface area contributed by atoms with Crippen LogP contribution < -0.4 is 0 Å². The van der Waals surface area contributed by atoms with Crippen LogP contribution in [0.2, 0.25) is 0 Å². The monoisotopic (exact) mass is 167 g/mol. The molecule has 0 heterocycles. The molecule has 0 aromatic carbocycles. The highest BCUT2D eigenvalue weighted by Crippen LogP contribution is 2.13. The van der Waals surface area contributed by atoms with Crippen molar-refractivity contribution in [1.82, 2.24) is 0 Å². The van der Waals surface area contributed by atoms with Crippen molar-refractivity contribution in [2.24, 2.45) is 11.0 Å². The molecular weight excluding hydrogens is 150 g/mol. The van der Waals surface area contributed by atoms with Gasteiger partial charge in [-0.3, -0.25) is 0 Å². The minimum absolute atomic E-state index is 0.0287. The number of nitrogens with one attached hydrogen (secondary N) is 1. The molecule has 0 aliphatic heterocycles. The molecule has 0 aromatic heterocycles. The fourth-order valence-electron chi connectivity index (χ4n) is 1.14. The van der Waals surface area contributed by atoms with Crippen LogP contribution in [0.1, 0.15) is 39.5 Å². The van der Waals surface area contributed by atoms with Crippen molar-refractivity contribution in [2.75, 3.05) is 0 Å². The van der Waals surface area contributed by atoms with Crippen LogP contribution in [0.25, 0.3) is 0 Å². The Morgan fingerprint density at radius 1 is 1.58 bits per heavy atom. The van der Waals surface area contributed by atoms with E-state index in [1.165, 1.54) is 0 Å². The van der Waals surface area contributed by atoms with E-state index in [0.29, 0.717) is 0 Å². The van der Waals surface area contributed by atoms with Crippen molar-refractivity contribution in [3.05, 3.63) is 0 Å². The number of rotatable bonds is 6. The summed E-state index contributed by atoms with van der Waals surface area (Å²) in [5.41, 5.74) is 6.92. The van der Waals surface area contributed by atoms with Crippen molar-refractivity contribution in [3.63, 3.8) is 0 Å². The van der Waals surface area contributed by atoms with Crippen LogP contribution in [0.3, 0.4) is 0 Å². The molecule has 0 rings (SSSR count). The third-order valence-electron chi connectivity index (χ3n) is 1.92. The Labute approximate surface area is 74.3 Å². The smallest absolute Gasteiger partial charge is 0.0718 e. The van der Waals surface area contributed by atoms with Gasteiger partial charge in [0.1, 0.15) is 0 Å². The molecule has 0 saturated carbocycles. The van der Waals surface area contributed by atoms with E-state index in [0.717, 1.165) is 25.7 Å². The van der Waals surface area contributed by atoms with E-state index in [2.05, 4.69) is 18.1 Å². The number of nitriles is 1. The summed E-state index contributed by atoms with van der Waals surface area (Å²) < 4.78 is 0. The summed E-state index contributed by atoms with van der Waals surface area (Å²) in [5.74, 6) is 0.0287. The van der Waals surface area contributed by atoms with Gasteiger partial charge in [0.15, 0.2) is 0 Å². The van der Waals surface area contributed by atoms with Crippen LogP contribution in [0.15, 0.2) is 5.11 Å². The topological polar surface area (TPSA) is 60.0 Å². The summed E-state index contributed by atoms with van der Waals surface area (Å²) in [7, 11) is 0. The first-order valence-corrected chi connectivity index (χ1v) is 4.50. The second-order valence-electron chi connectivity index (χ2n) is 3.19. The molecular formula is C9H17N3. The zero-order valence-electron chi connectivity index (χ0n) is 7.88. The molecule has 12 heavy (non-hydrogen) atoms. The third-order valence-corrected chi connectivity index (χ3v) is 1.92. The van der Waals surface area contributed by atoms with Crippen LogP contribution in [0.5, 0.6) is 0 Å². The van der Waals surface area contributed by atoms with E-state index in [4.69, 9.17) is 10.8 Å². The van der Waals surface area contributed by atoms with Crippen molar-refractivity contribution in [3.8, 4) is 6.07 Å². The van der Waals surface area contributed by atoms with Crippen molar-refractivity contribution in [2.45, 2.75) is 45.6 Å². The highest BCUT2D eigenvalue weighted by molar-refractivity contribution is 4.82. The zero-order valence-corrected chi connectivity index (χ0v) is 7.88. The van der Waals surface area contributed by atoms with Crippen molar-refractivity contribution >= 4 is 0 Å². The average molecular weight is 167 g/mol. The van der Waals surface area contributed by atoms with Gasteiger partial charge in [-0.25, -0.2) is 5.53 Å². The van der Waals surface area contributed by atoms with Crippen LogP contribution >= 0.6 is 0 Å². The summed E-state index contributed by atoms with van der Waals surface area (Å²) in [6, 6.07) is 2.23. The summed E-state index contributed by atoms with van der Waals surface area (Å²) in [6.45, 7) is 4.00. The number of hydrogen-bond donors (Lipinski definition) is 1. The van der Waals surface area contributed by atoms with Crippen LogP contribution in [0, 0.1) is 22.8 Å². The lowest BCUT2D eigenvalue weighted by atomic mass is 10.00. The Balaban J connectivity index is 3.68. The van der Waals surface area contributed by atoms with Crippen molar-refractivity contribution < 1.29 is 0 Å². The lowest BCUT2D eigenvalue weighted by Gasteiger charge is -2.10. The third kappa shape index (κ3) is 4.84. The molecule has 0 aliphatic rings. The normalized spacial score (nSPS) is 14.8. The summed E-state index contributed by atoms with van der Waals surface area (Å²) in [5, 5.41) is 12.1. The molecule has 0 radical (unpaired) electrons. The van der Waals surface area contributed by atoms with Gasteiger partial charge in [-0.1, -0.05) is 19.8 Å². The molecule has 0 saturated heterocycles. The molecule has 0 aromatic rings. The second kappa shape index (κ2) is 6.78. The van der Waals surface area contributed by atoms with Gasteiger partial charge < -0.3 is 0 Å². The minimum Gasteiger partial charge on any atom is -0.210 e. The van der Waals surface area contributed by atoms with E-state index in [1.807, 2.05) is 6.92 Å². The molecule has 0 bridgehead atoms. The molecule has 3 heteroatoms. The van der Waals surface area contributed by atoms with Crippen LogP contribution in [-0.2, 0) is 0 Å². The van der Waals surface area contributed by atoms with E-state index in [1.54, 1.807) is 0 Å². The summed E-state index contributed by atoms with van der Waals surface area (Å²) in [6.07, 6.45) is 3.92. The quantitative estimate of drug-likeness (QED) is 0.607. The van der Waals surface area contributed by atoms with Gasteiger partial charge in [0.2, 0.25) is 0 Å². The Kier molecular flexibility index (Phi) is 6.26. The predicted octanol–water partition coefficient (Wildman–Crippen LogP) is 3.13. The fourth-order valence-corrected chi connectivity index (χ4v) is 1.14. The Hall–Kier alpha value is -0.910. The van der Waals surface area contributed by atoms with Gasteiger partial charge in [0, 0.05) is 5.92 Å². The number of hydrogen-bond acceptors (Lipinski definition) is 3. The van der Waals surface area contributed by atoms with E-state index >= 15 is 0 Å². The fraction of sp³-hybridized carbons (Fsp3) is 0.889. The molecule has 0 spiro atoms. The molecule has 0 fully saturated rings. The van der Waals surface area contributed by atoms with E-state index < -0.39 is 0 Å². The average Bonchev–Trinajstić information content (AvgIpc) is 2.11. The maximum absolute atomic E-state index is 8.55. The SMILES string of the molecule is CCCCC(CC(C)C#N)N=N. The molecule has 68 valence electrons.